The summed E-state index contributed by atoms with van der Waals surface area (Å²) in [5, 5.41) is 19.4. The van der Waals surface area contributed by atoms with Crippen molar-refractivity contribution >= 4 is 11.7 Å². The number of hydrogen-bond acceptors (Lipinski definition) is 4. The van der Waals surface area contributed by atoms with Crippen LogP contribution in [0.1, 0.15) is 30.1 Å². The van der Waals surface area contributed by atoms with Gasteiger partial charge >= 0.3 is 0 Å². The van der Waals surface area contributed by atoms with Crippen LogP contribution in [0.25, 0.3) is 0 Å². The molecule has 1 atom stereocenters. The first-order valence-corrected chi connectivity index (χ1v) is 6.37. The van der Waals surface area contributed by atoms with E-state index in [1.807, 2.05) is 6.92 Å². The zero-order chi connectivity index (χ0) is 14.0. The lowest BCUT2D eigenvalue weighted by Gasteiger charge is -2.31. The fourth-order valence-corrected chi connectivity index (χ4v) is 2.36. The van der Waals surface area contributed by atoms with Crippen molar-refractivity contribution < 1.29 is 19.8 Å². The minimum absolute atomic E-state index is 0.0910. The van der Waals surface area contributed by atoms with Crippen LogP contribution in [-0.4, -0.2) is 39.9 Å². The molecule has 2 N–H and O–H groups in total. The van der Waals surface area contributed by atoms with Gasteiger partial charge in [-0.1, -0.05) is 13.0 Å². The van der Waals surface area contributed by atoms with E-state index >= 15 is 0 Å². The average Bonchev–Trinajstić information content (AvgIpc) is 2.39. The Kier molecular flexibility index (Phi) is 3.74. The van der Waals surface area contributed by atoms with E-state index in [1.54, 1.807) is 0 Å². The molecule has 1 aliphatic heterocycles. The topological polar surface area (TPSA) is 77.8 Å². The van der Waals surface area contributed by atoms with Crippen LogP contribution in [-0.2, 0) is 4.79 Å². The zero-order valence-electron chi connectivity index (χ0n) is 10.8. The van der Waals surface area contributed by atoms with Crippen molar-refractivity contribution in [3.8, 4) is 11.5 Å². The fraction of sp³-hybridized carbons (Fsp3) is 0.429. The molecule has 5 nitrogen and oxygen atoms in total. The average molecular weight is 263 g/mol. The van der Waals surface area contributed by atoms with Gasteiger partial charge in [-0.15, -0.1) is 0 Å². The van der Waals surface area contributed by atoms with E-state index in [0.29, 0.717) is 25.9 Å². The first-order valence-electron chi connectivity index (χ1n) is 6.37. The SMILES string of the molecule is CCC1CN(C(=O)c2c(O)cccc2O)CCC1=O. The Morgan fingerprint density at radius 1 is 1.37 bits per heavy atom. The van der Waals surface area contributed by atoms with Gasteiger partial charge in [-0.3, -0.25) is 9.59 Å². The number of phenols is 2. The third-order valence-corrected chi connectivity index (χ3v) is 3.54. The summed E-state index contributed by atoms with van der Waals surface area (Å²) in [6.07, 6.45) is 1.02. The van der Waals surface area contributed by atoms with Gasteiger partial charge in [-0.25, -0.2) is 0 Å². The Morgan fingerprint density at radius 2 is 2.00 bits per heavy atom. The highest BCUT2D eigenvalue weighted by Gasteiger charge is 2.31. The largest absolute Gasteiger partial charge is 0.507 e. The minimum atomic E-state index is -0.429. The number of ketones is 1. The van der Waals surface area contributed by atoms with Gasteiger partial charge in [0, 0.05) is 25.4 Å². The van der Waals surface area contributed by atoms with Crippen LogP contribution in [0.3, 0.4) is 0 Å². The van der Waals surface area contributed by atoms with Crippen molar-refractivity contribution in [2.24, 2.45) is 5.92 Å². The Morgan fingerprint density at radius 3 is 2.58 bits per heavy atom. The third kappa shape index (κ3) is 2.54. The molecule has 0 bridgehead atoms. The summed E-state index contributed by atoms with van der Waals surface area (Å²) < 4.78 is 0. The molecule has 0 spiro atoms. The van der Waals surface area contributed by atoms with E-state index in [0.717, 1.165) is 0 Å². The van der Waals surface area contributed by atoms with Gasteiger partial charge in [-0.2, -0.15) is 0 Å². The molecular weight excluding hydrogens is 246 g/mol. The van der Waals surface area contributed by atoms with Gasteiger partial charge in [0.05, 0.1) is 0 Å². The minimum Gasteiger partial charge on any atom is -0.507 e. The van der Waals surface area contributed by atoms with Crippen molar-refractivity contribution in [3.05, 3.63) is 23.8 Å². The fourth-order valence-electron chi connectivity index (χ4n) is 2.36. The highest BCUT2D eigenvalue weighted by atomic mass is 16.3. The van der Waals surface area contributed by atoms with E-state index in [1.165, 1.54) is 23.1 Å². The molecule has 1 amide bonds. The van der Waals surface area contributed by atoms with Crippen molar-refractivity contribution in [1.82, 2.24) is 4.90 Å². The normalized spacial score (nSPS) is 19.5. The number of carbonyl (C=O) groups excluding carboxylic acids is 2. The van der Waals surface area contributed by atoms with E-state index in [4.69, 9.17) is 0 Å². The van der Waals surface area contributed by atoms with Crippen molar-refractivity contribution in [1.29, 1.82) is 0 Å². The number of nitrogens with zero attached hydrogens (tertiary/aromatic N) is 1. The molecule has 0 aromatic heterocycles. The number of piperidine rings is 1. The summed E-state index contributed by atoms with van der Waals surface area (Å²) in [6.45, 7) is 2.60. The number of rotatable bonds is 2. The molecule has 0 saturated carbocycles. The molecule has 1 fully saturated rings. The Hall–Kier alpha value is -2.04. The smallest absolute Gasteiger partial charge is 0.261 e. The van der Waals surface area contributed by atoms with Gasteiger partial charge in [0.2, 0.25) is 0 Å². The molecule has 1 aromatic carbocycles. The maximum atomic E-state index is 12.3. The van der Waals surface area contributed by atoms with Gasteiger partial charge in [-0.05, 0) is 18.6 Å². The second-order valence-electron chi connectivity index (χ2n) is 4.74. The van der Waals surface area contributed by atoms with Crippen LogP contribution >= 0.6 is 0 Å². The van der Waals surface area contributed by atoms with Gasteiger partial charge in [0.15, 0.2) is 0 Å². The van der Waals surface area contributed by atoms with Crippen LogP contribution in [0.15, 0.2) is 18.2 Å². The van der Waals surface area contributed by atoms with Gasteiger partial charge in [0.1, 0.15) is 22.8 Å². The third-order valence-electron chi connectivity index (χ3n) is 3.54. The van der Waals surface area contributed by atoms with E-state index in [2.05, 4.69) is 0 Å². The lowest BCUT2D eigenvalue weighted by molar-refractivity contribution is -0.125. The molecule has 1 aliphatic rings. The zero-order valence-corrected chi connectivity index (χ0v) is 10.8. The summed E-state index contributed by atoms with van der Waals surface area (Å²) in [7, 11) is 0. The molecule has 1 heterocycles. The molecule has 1 unspecified atom stereocenters. The van der Waals surface area contributed by atoms with E-state index in [9.17, 15) is 19.8 Å². The van der Waals surface area contributed by atoms with Crippen LogP contribution in [0.2, 0.25) is 0 Å². The summed E-state index contributed by atoms with van der Waals surface area (Å²) >= 11 is 0. The first kappa shape index (κ1) is 13.4. The summed E-state index contributed by atoms with van der Waals surface area (Å²) in [5.74, 6) is -0.884. The Labute approximate surface area is 111 Å². The number of benzene rings is 1. The molecule has 1 saturated heterocycles. The molecule has 2 rings (SSSR count). The van der Waals surface area contributed by atoms with Gasteiger partial charge < -0.3 is 15.1 Å². The number of aromatic hydroxyl groups is 2. The molecule has 5 heteroatoms. The highest BCUT2D eigenvalue weighted by Crippen LogP contribution is 2.29. The summed E-state index contributed by atoms with van der Waals surface area (Å²) in [6, 6.07) is 4.19. The number of Topliss-reactive ketones (excluding diaryl/α,β-unsaturated/α-hetero) is 1. The summed E-state index contributed by atoms with van der Waals surface area (Å²) in [5.41, 5.74) is -0.0910. The first-order chi connectivity index (χ1) is 9.04. The Bertz CT molecular complexity index is 492. The van der Waals surface area contributed by atoms with Crippen molar-refractivity contribution in [3.63, 3.8) is 0 Å². The number of likely N-dealkylation sites (tertiary alicyclic amines) is 1. The molecule has 0 radical (unpaired) electrons. The standard InChI is InChI=1S/C14H17NO4/c1-2-9-8-15(7-6-10(9)16)14(19)13-11(17)4-3-5-12(13)18/h3-5,9,17-18H,2,6-8H2,1H3. The second-order valence-corrected chi connectivity index (χ2v) is 4.74. The second kappa shape index (κ2) is 5.30. The highest BCUT2D eigenvalue weighted by molar-refractivity contribution is 6.00. The molecule has 19 heavy (non-hydrogen) atoms. The maximum Gasteiger partial charge on any atom is 0.261 e. The number of phenolic OH excluding ortho intramolecular Hbond substituents is 2. The molecule has 0 aliphatic carbocycles. The van der Waals surface area contributed by atoms with Crippen molar-refractivity contribution in [2.75, 3.05) is 13.1 Å². The monoisotopic (exact) mass is 263 g/mol. The molecular formula is C14H17NO4. The van der Waals surface area contributed by atoms with Gasteiger partial charge in [0.25, 0.3) is 5.91 Å². The van der Waals surface area contributed by atoms with Crippen LogP contribution in [0, 0.1) is 5.92 Å². The van der Waals surface area contributed by atoms with E-state index < -0.39 is 5.91 Å². The quantitative estimate of drug-likeness (QED) is 0.848. The van der Waals surface area contributed by atoms with Crippen molar-refractivity contribution in [2.45, 2.75) is 19.8 Å². The summed E-state index contributed by atoms with van der Waals surface area (Å²) in [4.78, 5) is 25.4. The van der Waals surface area contributed by atoms with Crippen LogP contribution in [0.4, 0.5) is 0 Å². The predicted octanol–water partition coefficient (Wildman–Crippen LogP) is 1.54. The number of amides is 1. The molecule has 1 aromatic rings. The number of carbonyl (C=O) groups is 2. The number of hydrogen-bond donors (Lipinski definition) is 2. The van der Waals surface area contributed by atoms with E-state index in [-0.39, 0.29) is 28.8 Å². The molecule has 102 valence electrons. The van der Waals surface area contributed by atoms with Crippen LogP contribution < -0.4 is 0 Å². The lowest BCUT2D eigenvalue weighted by atomic mass is 9.93. The van der Waals surface area contributed by atoms with Crippen LogP contribution in [0.5, 0.6) is 11.5 Å². The Balaban J connectivity index is 2.23. The lowest BCUT2D eigenvalue weighted by Crippen LogP contribution is -2.43. The predicted molar refractivity (Wildman–Crippen MR) is 69.1 cm³/mol. The maximum absolute atomic E-state index is 12.3.